The molecule has 0 spiro atoms. The van der Waals surface area contributed by atoms with Crippen LogP contribution in [0.25, 0.3) is 0 Å². The molecule has 2 fully saturated rings. The number of amides is 1. The van der Waals surface area contributed by atoms with Crippen LogP contribution in [-0.2, 0) is 4.79 Å². The third-order valence-corrected chi connectivity index (χ3v) is 5.02. The van der Waals surface area contributed by atoms with Crippen LogP contribution in [0.5, 0.6) is 5.75 Å². The molecule has 0 aliphatic carbocycles. The normalized spacial score (nSPS) is 19.6. The second-order valence-corrected chi connectivity index (χ2v) is 6.94. The van der Waals surface area contributed by atoms with Crippen LogP contribution in [0.3, 0.4) is 0 Å². The molecule has 3 rings (SSSR count). The standard InChI is InChI=1S/C18H26ClN3O2/c19-16-3-5-17(6-4-16)24-14-13-20-9-11-21(12-10-20)15-18(23)22-7-1-2-8-22/h3-6H,1-2,7-15H2. The molecule has 0 aromatic heterocycles. The fraction of sp³-hybridized carbons (Fsp3) is 0.611. The van der Waals surface area contributed by atoms with Gasteiger partial charge in [0.25, 0.3) is 0 Å². The molecular formula is C18H26ClN3O2. The van der Waals surface area contributed by atoms with Crippen molar-refractivity contribution in [1.29, 1.82) is 0 Å². The van der Waals surface area contributed by atoms with Gasteiger partial charge in [-0.1, -0.05) is 11.6 Å². The molecule has 2 aliphatic heterocycles. The zero-order valence-corrected chi connectivity index (χ0v) is 14.9. The Bertz CT molecular complexity index is 524. The summed E-state index contributed by atoms with van der Waals surface area (Å²) >= 11 is 5.86. The SMILES string of the molecule is O=C(CN1CCN(CCOc2ccc(Cl)cc2)CC1)N1CCCC1. The Kier molecular flexibility index (Phi) is 6.35. The van der Waals surface area contributed by atoms with E-state index in [2.05, 4.69) is 9.80 Å². The number of halogens is 1. The predicted molar refractivity (Wildman–Crippen MR) is 95.6 cm³/mol. The van der Waals surface area contributed by atoms with Gasteiger partial charge in [-0.25, -0.2) is 0 Å². The number of carbonyl (C=O) groups is 1. The number of ether oxygens (including phenoxy) is 1. The van der Waals surface area contributed by atoms with Crippen LogP contribution in [0.2, 0.25) is 5.02 Å². The lowest BCUT2D eigenvalue weighted by Gasteiger charge is -2.34. The maximum Gasteiger partial charge on any atom is 0.236 e. The highest BCUT2D eigenvalue weighted by Crippen LogP contribution is 2.15. The average molecular weight is 352 g/mol. The van der Waals surface area contributed by atoms with Crippen LogP contribution >= 0.6 is 11.6 Å². The summed E-state index contributed by atoms with van der Waals surface area (Å²) in [5.74, 6) is 1.15. The van der Waals surface area contributed by atoms with Gasteiger partial charge in [0.05, 0.1) is 6.54 Å². The van der Waals surface area contributed by atoms with E-state index in [1.165, 1.54) is 0 Å². The molecule has 0 bridgehead atoms. The van der Waals surface area contributed by atoms with Gasteiger partial charge in [0.1, 0.15) is 12.4 Å². The molecule has 0 saturated carbocycles. The number of likely N-dealkylation sites (tertiary alicyclic amines) is 1. The summed E-state index contributed by atoms with van der Waals surface area (Å²) in [5.41, 5.74) is 0. The molecule has 5 nitrogen and oxygen atoms in total. The topological polar surface area (TPSA) is 36.0 Å². The molecule has 0 unspecified atom stereocenters. The summed E-state index contributed by atoms with van der Waals surface area (Å²) in [7, 11) is 0. The van der Waals surface area contributed by atoms with Crippen molar-refractivity contribution in [2.24, 2.45) is 0 Å². The minimum atomic E-state index is 0.298. The van der Waals surface area contributed by atoms with Gasteiger partial charge in [0.15, 0.2) is 0 Å². The molecule has 2 aliphatic rings. The largest absolute Gasteiger partial charge is 0.492 e. The fourth-order valence-corrected chi connectivity index (χ4v) is 3.38. The van der Waals surface area contributed by atoms with E-state index in [4.69, 9.17) is 16.3 Å². The highest BCUT2D eigenvalue weighted by molar-refractivity contribution is 6.30. The molecule has 132 valence electrons. The monoisotopic (exact) mass is 351 g/mol. The van der Waals surface area contributed by atoms with Crippen LogP contribution in [0.15, 0.2) is 24.3 Å². The maximum atomic E-state index is 12.2. The molecule has 24 heavy (non-hydrogen) atoms. The molecule has 6 heteroatoms. The Balaban J connectivity index is 1.31. The van der Waals surface area contributed by atoms with E-state index in [0.29, 0.717) is 19.1 Å². The van der Waals surface area contributed by atoms with Gasteiger partial charge >= 0.3 is 0 Å². The Morgan fingerprint density at radius 3 is 2.25 bits per heavy atom. The van der Waals surface area contributed by atoms with Gasteiger partial charge in [0.2, 0.25) is 5.91 Å². The number of hydrogen-bond donors (Lipinski definition) is 0. The molecule has 1 amide bonds. The van der Waals surface area contributed by atoms with Crippen molar-refractivity contribution in [3.05, 3.63) is 29.3 Å². The first-order chi connectivity index (χ1) is 11.7. The smallest absolute Gasteiger partial charge is 0.236 e. The Morgan fingerprint density at radius 2 is 1.58 bits per heavy atom. The Hall–Kier alpha value is -1.30. The van der Waals surface area contributed by atoms with Crippen molar-refractivity contribution in [3.63, 3.8) is 0 Å². The lowest BCUT2D eigenvalue weighted by molar-refractivity contribution is -0.131. The fourth-order valence-electron chi connectivity index (χ4n) is 3.25. The number of nitrogens with zero attached hydrogens (tertiary/aromatic N) is 3. The third kappa shape index (κ3) is 5.10. The highest BCUT2D eigenvalue weighted by atomic mass is 35.5. The quantitative estimate of drug-likeness (QED) is 0.785. The van der Waals surface area contributed by atoms with Crippen LogP contribution < -0.4 is 4.74 Å². The van der Waals surface area contributed by atoms with Crippen LogP contribution in [-0.4, -0.2) is 79.6 Å². The summed E-state index contributed by atoms with van der Waals surface area (Å²) in [5, 5.41) is 0.724. The second-order valence-electron chi connectivity index (χ2n) is 6.51. The minimum Gasteiger partial charge on any atom is -0.492 e. The van der Waals surface area contributed by atoms with Crippen molar-refractivity contribution in [1.82, 2.24) is 14.7 Å². The van der Waals surface area contributed by atoms with E-state index in [0.717, 1.165) is 69.4 Å². The first-order valence-corrected chi connectivity index (χ1v) is 9.19. The third-order valence-electron chi connectivity index (χ3n) is 4.77. The van der Waals surface area contributed by atoms with Crippen molar-refractivity contribution >= 4 is 17.5 Å². The predicted octanol–water partition coefficient (Wildman–Crippen LogP) is 1.96. The molecule has 1 aromatic carbocycles. The van der Waals surface area contributed by atoms with Gasteiger partial charge < -0.3 is 9.64 Å². The van der Waals surface area contributed by atoms with Gasteiger partial charge in [-0.05, 0) is 37.1 Å². The summed E-state index contributed by atoms with van der Waals surface area (Å²) in [6.45, 7) is 7.97. The van der Waals surface area contributed by atoms with E-state index in [9.17, 15) is 4.79 Å². The molecule has 2 heterocycles. The van der Waals surface area contributed by atoms with E-state index in [1.54, 1.807) is 0 Å². The molecule has 0 radical (unpaired) electrons. The van der Waals surface area contributed by atoms with Gasteiger partial charge in [-0.15, -0.1) is 0 Å². The molecule has 2 saturated heterocycles. The van der Waals surface area contributed by atoms with Crippen LogP contribution in [0.1, 0.15) is 12.8 Å². The van der Waals surface area contributed by atoms with Gasteiger partial charge in [-0.3, -0.25) is 14.6 Å². The Morgan fingerprint density at radius 1 is 0.958 bits per heavy atom. The van der Waals surface area contributed by atoms with E-state index < -0.39 is 0 Å². The minimum absolute atomic E-state index is 0.298. The van der Waals surface area contributed by atoms with E-state index >= 15 is 0 Å². The average Bonchev–Trinajstić information content (AvgIpc) is 3.13. The molecule has 0 atom stereocenters. The summed E-state index contributed by atoms with van der Waals surface area (Å²) in [4.78, 5) is 18.9. The summed E-state index contributed by atoms with van der Waals surface area (Å²) < 4.78 is 5.75. The summed E-state index contributed by atoms with van der Waals surface area (Å²) in [6, 6.07) is 7.47. The van der Waals surface area contributed by atoms with Crippen molar-refractivity contribution in [3.8, 4) is 5.75 Å². The number of carbonyl (C=O) groups excluding carboxylic acids is 1. The van der Waals surface area contributed by atoms with E-state index in [1.807, 2.05) is 29.2 Å². The highest BCUT2D eigenvalue weighted by Gasteiger charge is 2.23. The van der Waals surface area contributed by atoms with Gasteiger partial charge in [0, 0.05) is 50.8 Å². The molecular weight excluding hydrogens is 326 g/mol. The second kappa shape index (κ2) is 8.70. The Labute approximate surface area is 149 Å². The summed E-state index contributed by atoms with van der Waals surface area (Å²) in [6.07, 6.45) is 2.32. The lowest BCUT2D eigenvalue weighted by Crippen LogP contribution is -2.50. The maximum absolute atomic E-state index is 12.2. The lowest BCUT2D eigenvalue weighted by atomic mass is 10.3. The van der Waals surface area contributed by atoms with Crippen molar-refractivity contribution in [2.75, 3.05) is 59.0 Å². The van der Waals surface area contributed by atoms with Crippen molar-refractivity contribution < 1.29 is 9.53 Å². The van der Waals surface area contributed by atoms with Crippen LogP contribution in [0.4, 0.5) is 0 Å². The van der Waals surface area contributed by atoms with Crippen LogP contribution in [0, 0.1) is 0 Å². The number of piperazine rings is 1. The number of rotatable bonds is 6. The zero-order valence-electron chi connectivity index (χ0n) is 14.1. The first kappa shape index (κ1) is 17.5. The van der Waals surface area contributed by atoms with Gasteiger partial charge in [-0.2, -0.15) is 0 Å². The zero-order chi connectivity index (χ0) is 16.8. The molecule has 1 aromatic rings. The molecule has 0 N–H and O–H groups in total. The number of benzene rings is 1. The first-order valence-electron chi connectivity index (χ1n) is 8.81. The van der Waals surface area contributed by atoms with E-state index in [-0.39, 0.29) is 0 Å². The van der Waals surface area contributed by atoms with Crippen molar-refractivity contribution in [2.45, 2.75) is 12.8 Å². The number of hydrogen-bond acceptors (Lipinski definition) is 4.